The molecule has 96 valence electrons. The number of thiophene rings is 1. The van der Waals surface area contributed by atoms with Crippen molar-refractivity contribution in [2.45, 2.75) is 19.4 Å². The zero-order valence-electron chi connectivity index (χ0n) is 10.5. The van der Waals surface area contributed by atoms with Crippen LogP contribution in [0, 0.1) is 6.92 Å². The van der Waals surface area contributed by atoms with Gasteiger partial charge in [0.2, 0.25) is 0 Å². The van der Waals surface area contributed by atoms with Crippen LogP contribution in [0.4, 0.5) is 0 Å². The zero-order chi connectivity index (χ0) is 13.3. The number of hydrogen-bond acceptors (Lipinski definition) is 3. The summed E-state index contributed by atoms with van der Waals surface area (Å²) in [6.45, 7) is 3.75. The van der Waals surface area contributed by atoms with Gasteiger partial charge in [0.15, 0.2) is 0 Å². The van der Waals surface area contributed by atoms with Gasteiger partial charge in [-0.1, -0.05) is 11.6 Å². The van der Waals surface area contributed by atoms with Gasteiger partial charge in [-0.2, -0.15) is 0 Å². The predicted octanol–water partition coefficient (Wildman–Crippen LogP) is 3.97. The van der Waals surface area contributed by atoms with Gasteiger partial charge < -0.3 is 9.84 Å². The summed E-state index contributed by atoms with van der Waals surface area (Å²) in [5, 5.41) is 13.4. The lowest BCUT2D eigenvalue weighted by atomic mass is 9.91. The first kappa shape index (κ1) is 13.4. The van der Waals surface area contributed by atoms with Crippen LogP contribution in [0.15, 0.2) is 29.6 Å². The molecule has 0 bridgehead atoms. The maximum Gasteiger partial charge on any atom is 0.125 e. The Hall–Kier alpha value is -1.03. The lowest BCUT2D eigenvalue weighted by Gasteiger charge is -2.26. The Kier molecular flexibility index (Phi) is 3.66. The molecule has 0 saturated carbocycles. The number of hydrogen-bond donors (Lipinski definition) is 1. The highest BCUT2D eigenvalue weighted by atomic mass is 35.5. The second-order valence-corrected chi connectivity index (χ2v) is 5.70. The highest BCUT2D eigenvalue weighted by molar-refractivity contribution is 7.10. The third-order valence-corrected chi connectivity index (χ3v) is 4.45. The first-order valence-electron chi connectivity index (χ1n) is 5.57. The monoisotopic (exact) mass is 282 g/mol. The number of methoxy groups -OCH3 is 1. The molecular formula is C14H15ClO2S. The van der Waals surface area contributed by atoms with E-state index in [4.69, 9.17) is 16.3 Å². The summed E-state index contributed by atoms with van der Waals surface area (Å²) in [7, 11) is 1.59. The van der Waals surface area contributed by atoms with Crippen LogP contribution in [0.25, 0.3) is 0 Å². The molecule has 0 fully saturated rings. The van der Waals surface area contributed by atoms with Crippen molar-refractivity contribution in [1.82, 2.24) is 0 Å². The van der Waals surface area contributed by atoms with E-state index in [2.05, 4.69) is 0 Å². The lowest BCUT2D eigenvalue weighted by Crippen LogP contribution is -2.23. The molecule has 0 spiro atoms. The minimum atomic E-state index is -1.10. The minimum absolute atomic E-state index is 0.584. The van der Waals surface area contributed by atoms with E-state index >= 15 is 0 Å². The Balaban J connectivity index is 2.60. The predicted molar refractivity (Wildman–Crippen MR) is 75.7 cm³/mol. The maximum atomic E-state index is 10.8. The molecule has 18 heavy (non-hydrogen) atoms. The van der Waals surface area contributed by atoms with Crippen molar-refractivity contribution >= 4 is 22.9 Å². The van der Waals surface area contributed by atoms with Crippen molar-refractivity contribution in [2.24, 2.45) is 0 Å². The van der Waals surface area contributed by atoms with Crippen molar-refractivity contribution in [2.75, 3.05) is 7.11 Å². The minimum Gasteiger partial charge on any atom is -0.496 e. The quantitative estimate of drug-likeness (QED) is 0.923. The molecule has 2 rings (SSSR count). The summed E-state index contributed by atoms with van der Waals surface area (Å²) in [6, 6.07) is 7.27. The van der Waals surface area contributed by atoms with Crippen LogP contribution in [0.5, 0.6) is 5.75 Å². The smallest absolute Gasteiger partial charge is 0.125 e. The normalized spacial score (nSPS) is 14.3. The molecule has 1 aromatic carbocycles. The first-order chi connectivity index (χ1) is 8.46. The van der Waals surface area contributed by atoms with Gasteiger partial charge in [0, 0.05) is 15.5 Å². The fraction of sp³-hybridized carbons (Fsp3) is 0.286. The third kappa shape index (κ3) is 2.26. The second-order valence-electron chi connectivity index (χ2n) is 4.35. The highest BCUT2D eigenvalue weighted by Gasteiger charge is 2.31. The molecule has 0 aliphatic rings. The van der Waals surface area contributed by atoms with Gasteiger partial charge in [-0.05, 0) is 49.1 Å². The molecule has 1 aromatic heterocycles. The van der Waals surface area contributed by atoms with Gasteiger partial charge >= 0.3 is 0 Å². The lowest BCUT2D eigenvalue weighted by molar-refractivity contribution is 0.102. The van der Waals surface area contributed by atoms with Crippen LogP contribution in [-0.4, -0.2) is 12.2 Å². The Bertz CT molecular complexity index is 561. The van der Waals surface area contributed by atoms with Crippen LogP contribution in [0.3, 0.4) is 0 Å². The maximum absolute atomic E-state index is 10.8. The van der Waals surface area contributed by atoms with Crippen LogP contribution in [0.1, 0.15) is 22.9 Å². The van der Waals surface area contributed by atoms with E-state index < -0.39 is 5.60 Å². The van der Waals surface area contributed by atoms with Crippen molar-refractivity contribution < 1.29 is 9.84 Å². The van der Waals surface area contributed by atoms with E-state index in [0.717, 1.165) is 10.4 Å². The van der Waals surface area contributed by atoms with Crippen molar-refractivity contribution in [3.63, 3.8) is 0 Å². The Morgan fingerprint density at radius 1 is 1.33 bits per heavy atom. The number of ether oxygens (including phenoxy) is 1. The molecular weight excluding hydrogens is 268 g/mol. The van der Waals surface area contributed by atoms with E-state index in [1.165, 1.54) is 11.3 Å². The number of aliphatic hydroxyl groups is 1. The molecule has 2 nitrogen and oxygen atoms in total. The highest BCUT2D eigenvalue weighted by Crippen LogP contribution is 2.40. The number of aryl methyl sites for hydroxylation is 1. The summed E-state index contributed by atoms with van der Waals surface area (Å²) in [5.41, 5.74) is 0.643. The van der Waals surface area contributed by atoms with Crippen LogP contribution >= 0.6 is 22.9 Å². The fourth-order valence-corrected chi connectivity index (χ4v) is 3.23. The van der Waals surface area contributed by atoms with Gasteiger partial charge in [-0.25, -0.2) is 0 Å². The van der Waals surface area contributed by atoms with Crippen LogP contribution in [-0.2, 0) is 5.60 Å². The summed E-state index contributed by atoms with van der Waals surface area (Å²) in [5.74, 6) is 0.636. The molecule has 0 radical (unpaired) electrons. The molecule has 2 aromatic rings. The number of rotatable bonds is 3. The van der Waals surface area contributed by atoms with E-state index in [0.29, 0.717) is 16.3 Å². The van der Waals surface area contributed by atoms with Gasteiger partial charge in [0.25, 0.3) is 0 Å². The summed E-state index contributed by atoms with van der Waals surface area (Å²) in [4.78, 5) is 0.906. The Morgan fingerprint density at radius 3 is 2.61 bits per heavy atom. The molecule has 4 heteroatoms. The zero-order valence-corrected chi connectivity index (χ0v) is 12.1. The molecule has 1 atom stereocenters. The molecule has 0 aliphatic heterocycles. The fourth-order valence-electron chi connectivity index (χ4n) is 2.05. The van der Waals surface area contributed by atoms with Crippen LogP contribution in [0.2, 0.25) is 5.02 Å². The van der Waals surface area contributed by atoms with E-state index in [9.17, 15) is 5.11 Å². The molecule has 0 aliphatic carbocycles. The number of halogens is 1. The summed E-state index contributed by atoms with van der Waals surface area (Å²) in [6.07, 6.45) is 0. The van der Waals surface area contributed by atoms with Crippen LogP contribution < -0.4 is 4.74 Å². The third-order valence-electron chi connectivity index (χ3n) is 2.99. The standard InChI is InChI=1S/C14H15ClO2S/c1-9-6-7-18-13(9)14(2,16)11-8-10(15)4-5-12(11)17-3/h4-8,16H,1-3H3. The first-order valence-corrected chi connectivity index (χ1v) is 6.83. The summed E-state index contributed by atoms with van der Waals surface area (Å²) < 4.78 is 5.31. The van der Waals surface area contributed by atoms with Crippen molar-refractivity contribution in [3.05, 3.63) is 50.7 Å². The average Bonchev–Trinajstić information content (AvgIpc) is 2.76. The molecule has 0 amide bonds. The topological polar surface area (TPSA) is 29.5 Å². The second kappa shape index (κ2) is 4.92. The van der Waals surface area contributed by atoms with Gasteiger partial charge in [-0.15, -0.1) is 11.3 Å². The Morgan fingerprint density at radius 2 is 2.06 bits per heavy atom. The Labute approximate surface area is 116 Å². The number of benzene rings is 1. The average molecular weight is 283 g/mol. The summed E-state index contributed by atoms with van der Waals surface area (Å²) >= 11 is 7.55. The van der Waals surface area contributed by atoms with Gasteiger partial charge in [-0.3, -0.25) is 0 Å². The van der Waals surface area contributed by atoms with E-state index in [1.807, 2.05) is 18.4 Å². The molecule has 0 saturated heterocycles. The largest absolute Gasteiger partial charge is 0.496 e. The SMILES string of the molecule is COc1ccc(Cl)cc1C(C)(O)c1sccc1C. The van der Waals surface area contributed by atoms with Crippen molar-refractivity contribution in [1.29, 1.82) is 0 Å². The van der Waals surface area contributed by atoms with Gasteiger partial charge in [0.05, 0.1) is 7.11 Å². The molecule has 1 unspecified atom stereocenters. The van der Waals surface area contributed by atoms with Gasteiger partial charge in [0.1, 0.15) is 11.4 Å². The molecule has 1 N–H and O–H groups in total. The van der Waals surface area contributed by atoms with E-state index in [-0.39, 0.29) is 0 Å². The van der Waals surface area contributed by atoms with Crippen molar-refractivity contribution in [3.8, 4) is 5.75 Å². The van der Waals surface area contributed by atoms with E-state index in [1.54, 1.807) is 32.2 Å². The molecule has 1 heterocycles.